The number of carbonyl (C=O) groups excluding carboxylic acids is 1. The van der Waals surface area contributed by atoms with E-state index in [9.17, 15) is 4.79 Å². The van der Waals surface area contributed by atoms with Gasteiger partial charge in [-0.05, 0) is 42.3 Å². The number of ether oxygens (including phenoxy) is 1. The van der Waals surface area contributed by atoms with E-state index in [2.05, 4.69) is 24.4 Å². The average molecular weight is 365 g/mol. The first kappa shape index (κ1) is 18.3. The van der Waals surface area contributed by atoms with Crippen LogP contribution in [0.15, 0.2) is 47.6 Å². The van der Waals surface area contributed by atoms with E-state index in [1.807, 2.05) is 0 Å². The van der Waals surface area contributed by atoms with Crippen molar-refractivity contribution < 1.29 is 9.53 Å². The van der Waals surface area contributed by atoms with Crippen molar-refractivity contribution >= 4 is 35.3 Å². The van der Waals surface area contributed by atoms with Gasteiger partial charge in [0.05, 0.1) is 17.8 Å². The van der Waals surface area contributed by atoms with Crippen LogP contribution in [-0.2, 0) is 0 Å². The molecule has 126 valence electrons. The van der Waals surface area contributed by atoms with Gasteiger partial charge in [-0.3, -0.25) is 4.79 Å². The zero-order valence-electron chi connectivity index (χ0n) is 13.4. The number of halogens is 2. The first-order valence-corrected chi connectivity index (χ1v) is 8.22. The average Bonchev–Trinajstić information content (AvgIpc) is 2.55. The van der Waals surface area contributed by atoms with Gasteiger partial charge < -0.3 is 4.74 Å². The second-order valence-electron chi connectivity index (χ2n) is 5.59. The zero-order chi connectivity index (χ0) is 17.5. The Kier molecular flexibility index (Phi) is 6.64. The molecule has 0 unspecified atom stereocenters. The Hall–Kier alpha value is -2.04. The SMILES string of the molecule is CC(C)COc1ccc(C(=O)NN=Cc2ccc(Cl)cc2Cl)cc1. The fraction of sp³-hybridized carbons (Fsp3) is 0.222. The van der Waals surface area contributed by atoms with Crippen molar-refractivity contribution in [2.75, 3.05) is 6.61 Å². The van der Waals surface area contributed by atoms with Gasteiger partial charge in [-0.15, -0.1) is 0 Å². The molecular formula is C18H18Cl2N2O2. The number of nitrogens with zero attached hydrogens (tertiary/aromatic N) is 1. The van der Waals surface area contributed by atoms with Crippen LogP contribution in [0.2, 0.25) is 10.0 Å². The van der Waals surface area contributed by atoms with Crippen LogP contribution in [0.1, 0.15) is 29.8 Å². The second kappa shape index (κ2) is 8.71. The van der Waals surface area contributed by atoms with Crippen LogP contribution in [0, 0.1) is 5.92 Å². The molecule has 0 aromatic heterocycles. The minimum atomic E-state index is -0.313. The quantitative estimate of drug-likeness (QED) is 0.591. The molecule has 0 bridgehead atoms. The van der Waals surface area contributed by atoms with E-state index in [1.54, 1.807) is 42.5 Å². The van der Waals surface area contributed by atoms with E-state index in [0.29, 0.717) is 33.7 Å². The minimum Gasteiger partial charge on any atom is -0.493 e. The predicted molar refractivity (Wildman–Crippen MR) is 98.3 cm³/mol. The van der Waals surface area contributed by atoms with Gasteiger partial charge in [0, 0.05) is 16.1 Å². The highest BCUT2D eigenvalue weighted by molar-refractivity contribution is 6.36. The van der Waals surface area contributed by atoms with Gasteiger partial charge in [-0.25, -0.2) is 5.43 Å². The molecule has 4 nitrogen and oxygen atoms in total. The van der Waals surface area contributed by atoms with Crippen LogP contribution < -0.4 is 10.2 Å². The van der Waals surface area contributed by atoms with E-state index in [0.717, 1.165) is 5.75 Å². The van der Waals surface area contributed by atoms with Crippen LogP contribution >= 0.6 is 23.2 Å². The van der Waals surface area contributed by atoms with E-state index >= 15 is 0 Å². The molecule has 0 radical (unpaired) electrons. The Morgan fingerprint density at radius 2 is 1.92 bits per heavy atom. The number of nitrogens with one attached hydrogen (secondary N) is 1. The highest BCUT2D eigenvalue weighted by Crippen LogP contribution is 2.19. The van der Waals surface area contributed by atoms with Gasteiger partial charge in [0.2, 0.25) is 0 Å². The molecule has 1 N–H and O–H groups in total. The Morgan fingerprint density at radius 1 is 1.21 bits per heavy atom. The van der Waals surface area contributed by atoms with Crippen molar-refractivity contribution in [3.8, 4) is 5.75 Å². The molecule has 2 rings (SSSR count). The summed E-state index contributed by atoms with van der Waals surface area (Å²) in [6, 6.07) is 11.9. The number of carbonyl (C=O) groups is 1. The van der Waals surface area contributed by atoms with E-state index in [1.165, 1.54) is 6.21 Å². The summed E-state index contributed by atoms with van der Waals surface area (Å²) in [6.45, 7) is 4.79. The lowest BCUT2D eigenvalue weighted by Gasteiger charge is -2.08. The molecule has 6 heteroatoms. The molecule has 0 fully saturated rings. The highest BCUT2D eigenvalue weighted by atomic mass is 35.5. The van der Waals surface area contributed by atoms with E-state index in [-0.39, 0.29) is 5.91 Å². The van der Waals surface area contributed by atoms with Crippen LogP contribution in [0.3, 0.4) is 0 Å². The van der Waals surface area contributed by atoms with Gasteiger partial charge >= 0.3 is 0 Å². The Labute approximate surface area is 151 Å². The first-order valence-electron chi connectivity index (χ1n) is 7.47. The number of benzene rings is 2. The maximum atomic E-state index is 12.0. The van der Waals surface area contributed by atoms with Gasteiger partial charge in [-0.1, -0.05) is 43.1 Å². The Morgan fingerprint density at radius 3 is 2.54 bits per heavy atom. The molecule has 0 aliphatic carbocycles. The van der Waals surface area contributed by atoms with Crippen molar-refractivity contribution in [3.05, 3.63) is 63.6 Å². The third kappa shape index (κ3) is 5.55. The van der Waals surface area contributed by atoms with Gasteiger partial charge in [0.25, 0.3) is 5.91 Å². The molecule has 0 spiro atoms. The smallest absolute Gasteiger partial charge is 0.271 e. The first-order chi connectivity index (χ1) is 11.5. The van der Waals surface area contributed by atoms with Crippen LogP contribution in [0.4, 0.5) is 0 Å². The highest BCUT2D eigenvalue weighted by Gasteiger charge is 2.05. The minimum absolute atomic E-state index is 0.313. The summed E-state index contributed by atoms with van der Waals surface area (Å²) in [7, 11) is 0. The molecule has 0 heterocycles. The standard InChI is InChI=1S/C18H18Cl2N2O2/c1-12(2)11-24-16-7-4-13(5-8-16)18(23)22-21-10-14-3-6-15(19)9-17(14)20/h3-10,12H,11H2,1-2H3,(H,22,23). The topological polar surface area (TPSA) is 50.7 Å². The normalized spacial score (nSPS) is 11.0. The van der Waals surface area contributed by atoms with Gasteiger partial charge in [0.15, 0.2) is 0 Å². The van der Waals surface area contributed by atoms with Crippen molar-refractivity contribution in [2.45, 2.75) is 13.8 Å². The second-order valence-corrected chi connectivity index (χ2v) is 6.44. The number of hydrazone groups is 1. The zero-order valence-corrected chi connectivity index (χ0v) is 14.9. The summed E-state index contributed by atoms with van der Waals surface area (Å²) in [5.74, 6) is 0.866. The summed E-state index contributed by atoms with van der Waals surface area (Å²) in [4.78, 5) is 12.0. The van der Waals surface area contributed by atoms with E-state index in [4.69, 9.17) is 27.9 Å². The Balaban J connectivity index is 1.93. The lowest BCUT2D eigenvalue weighted by atomic mass is 10.2. The van der Waals surface area contributed by atoms with Gasteiger partial charge in [-0.2, -0.15) is 5.10 Å². The summed E-state index contributed by atoms with van der Waals surface area (Å²) < 4.78 is 5.58. The lowest BCUT2D eigenvalue weighted by Crippen LogP contribution is -2.17. The third-order valence-corrected chi connectivity index (χ3v) is 3.59. The molecule has 0 saturated carbocycles. The summed E-state index contributed by atoms with van der Waals surface area (Å²) in [5, 5.41) is 4.91. The van der Waals surface area contributed by atoms with Crippen molar-refractivity contribution in [1.29, 1.82) is 0 Å². The molecule has 0 atom stereocenters. The maximum absolute atomic E-state index is 12.0. The Bertz CT molecular complexity index is 728. The predicted octanol–water partition coefficient (Wildman–Crippen LogP) is 4.79. The van der Waals surface area contributed by atoms with Gasteiger partial charge in [0.1, 0.15) is 5.75 Å². The lowest BCUT2D eigenvalue weighted by molar-refractivity contribution is 0.0955. The molecule has 0 aliphatic heterocycles. The summed E-state index contributed by atoms with van der Waals surface area (Å²) >= 11 is 11.9. The number of amides is 1. The van der Waals surface area contributed by atoms with Crippen molar-refractivity contribution in [1.82, 2.24) is 5.43 Å². The molecule has 1 amide bonds. The van der Waals surface area contributed by atoms with Crippen LogP contribution in [0.25, 0.3) is 0 Å². The van der Waals surface area contributed by atoms with Crippen molar-refractivity contribution in [3.63, 3.8) is 0 Å². The molecular weight excluding hydrogens is 347 g/mol. The summed E-state index contributed by atoms with van der Waals surface area (Å²) in [6.07, 6.45) is 1.47. The molecule has 2 aromatic rings. The monoisotopic (exact) mass is 364 g/mol. The van der Waals surface area contributed by atoms with Crippen molar-refractivity contribution in [2.24, 2.45) is 11.0 Å². The van der Waals surface area contributed by atoms with E-state index < -0.39 is 0 Å². The molecule has 24 heavy (non-hydrogen) atoms. The number of hydrogen-bond acceptors (Lipinski definition) is 3. The number of rotatable bonds is 6. The molecule has 0 aliphatic rings. The maximum Gasteiger partial charge on any atom is 0.271 e. The van der Waals surface area contributed by atoms with Crippen LogP contribution in [0.5, 0.6) is 5.75 Å². The largest absolute Gasteiger partial charge is 0.493 e. The fourth-order valence-corrected chi connectivity index (χ4v) is 2.25. The fourth-order valence-electron chi connectivity index (χ4n) is 1.80. The third-order valence-electron chi connectivity index (χ3n) is 3.03. The number of hydrogen-bond donors (Lipinski definition) is 1. The summed E-state index contributed by atoms with van der Waals surface area (Å²) in [5.41, 5.74) is 3.61. The van der Waals surface area contributed by atoms with Crippen LogP contribution in [-0.4, -0.2) is 18.7 Å². The molecule has 2 aromatic carbocycles. The molecule has 0 saturated heterocycles.